The van der Waals surface area contributed by atoms with Crippen LogP contribution in [0.25, 0.3) is 0 Å². The minimum atomic E-state index is 0.436. The second kappa shape index (κ2) is 2.21. The molecular weight excluding hydrogens is 136 g/mol. The number of epoxide rings is 1. The highest BCUT2D eigenvalue weighted by molar-refractivity contribution is 5.25. The van der Waals surface area contributed by atoms with Crippen molar-refractivity contribution >= 4 is 0 Å². The predicted molar refractivity (Wildman–Crippen MR) is 45.3 cm³/mol. The maximum Gasteiger partial charge on any atom is 0.106 e. The van der Waals surface area contributed by atoms with E-state index in [9.17, 15) is 0 Å². The lowest BCUT2D eigenvalue weighted by atomic mass is 9.86. The van der Waals surface area contributed by atoms with Crippen LogP contribution in [0, 0.1) is 5.92 Å². The van der Waals surface area contributed by atoms with Crippen LogP contribution in [-0.2, 0) is 4.74 Å². The van der Waals surface area contributed by atoms with E-state index in [4.69, 9.17) is 4.74 Å². The van der Waals surface area contributed by atoms with E-state index in [0.717, 1.165) is 6.42 Å². The van der Waals surface area contributed by atoms with Gasteiger partial charge in [-0.15, -0.1) is 0 Å². The molecule has 1 fully saturated rings. The van der Waals surface area contributed by atoms with Crippen LogP contribution in [0.4, 0.5) is 0 Å². The molecule has 0 aromatic heterocycles. The van der Waals surface area contributed by atoms with Gasteiger partial charge in [0, 0.05) is 5.92 Å². The molecule has 0 aromatic rings. The van der Waals surface area contributed by atoms with Crippen LogP contribution >= 0.6 is 0 Å². The summed E-state index contributed by atoms with van der Waals surface area (Å²) >= 11 is 0. The molecule has 60 valence electrons. The highest BCUT2D eigenvalue weighted by atomic mass is 16.6. The zero-order valence-electron chi connectivity index (χ0n) is 7.13. The van der Waals surface area contributed by atoms with Crippen LogP contribution in [0.15, 0.2) is 23.8 Å². The van der Waals surface area contributed by atoms with Crippen LogP contribution in [0.1, 0.15) is 20.3 Å². The molecule has 1 saturated heterocycles. The second-order valence-electron chi connectivity index (χ2n) is 3.66. The van der Waals surface area contributed by atoms with Crippen molar-refractivity contribution in [1.82, 2.24) is 0 Å². The van der Waals surface area contributed by atoms with Gasteiger partial charge in [-0.25, -0.2) is 0 Å². The normalized spacial score (nSPS) is 40.9. The molecule has 0 spiro atoms. The quantitative estimate of drug-likeness (QED) is 0.412. The third-order valence-electron chi connectivity index (χ3n) is 2.70. The molecule has 11 heavy (non-hydrogen) atoms. The van der Waals surface area contributed by atoms with Crippen molar-refractivity contribution in [3.8, 4) is 0 Å². The smallest absolute Gasteiger partial charge is 0.106 e. The Morgan fingerprint density at radius 2 is 2.45 bits per heavy atom. The average molecular weight is 150 g/mol. The summed E-state index contributed by atoms with van der Waals surface area (Å²) in [6.07, 6.45) is 4.32. The minimum Gasteiger partial charge on any atom is -0.364 e. The van der Waals surface area contributed by atoms with Crippen molar-refractivity contribution in [3.05, 3.63) is 23.8 Å². The van der Waals surface area contributed by atoms with E-state index in [2.05, 4.69) is 26.5 Å². The molecule has 3 atom stereocenters. The maximum absolute atomic E-state index is 5.53. The number of hydrogen-bond acceptors (Lipinski definition) is 1. The molecule has 2 unspecified atom stereocenters. The molecule has 0 bridgehead atoms. The number of hydrogen-bond donors (Lipinski definition) is 0. The third-order valence-corrected chi connectivity index (χ3v) is 2.70. The van der Waals surface area contributed by atoms with Crippen molar-refractivity contribution in [2.75, 3.05) is 0 Å². The lowest BCUT2D eigenvalue weighted by Gasteiger charge is -2.16. The lowest BCUT2D eigenvalue weighted by molar-refractivity contribution is 0.347. The molecule has 0 aromatic carbocycles. The maximum atomic E-state index is 5.53. The fourth-order valence-electron chi connectivity index (χ4n) is 1.84. The van der Waals surface area contributed by atoms with E-state index in [1.165, 1.54) is 11.1 Å². The second-order valence-corrected chi connectivity index (χ2v) is 3.66. The summed E-state index contributed by atoms with van der Waals surface area (Å²) in [5.74, 6) is 0.587. The summed E-state index contributed by atoms with van der Waals surface area (Å²) in [5.41, 5.74) is 2.67. The fraction of sp³-hybridized carbons (Fsp3) is 0.600. The molecule has 1 nitrogen and oxygen atoms in total. The summed E-state index contributed by atoms with van der Waals surface area (Å²) in [6, 6.07) is 0. The van der Waals surface area contributed by atoms with Crippen molar-refractivity contribution in [2.45, 2.75) is 32.5 Å². The van der Waals surface area contributed by atoms with Crippen LogP contribution in [0.3, 0.4) is 0 Å². The van der Waals surface area contributed by atoms with Crippen molar-refractivity contribution in [2.24, 2.45) is 5.92 Å². The van der Waals surface area contributed by atoms with Gasteiger partial charge in [0.05, 0.1) is 6.10 Å². The lowest BCUT2D eigenvalue weighted by Crippen LogP contribution is -2.15. The standard InChI is InChI=1S/C10H14O/c1-6(2)8-5-4-7(3)9-10(8)11-9/h4,8-10H,1,5H2,2-3H3/t8-,9?,10?/m1/s1. The van der Waals surface area contributed by atoms with E-state index in [0.29, 0.717) is 18.1 Å². The first-order chi connectivity index (χ1) is 5.20. The van der Waals surface area contributed by atoms with Gasteiger partial charge >= 0.3 is 0 Å². The van der Waals surface area contributed by atoms with E-state index in [-0.39, 0.29) is 0 Å². The molecule has 1 heterocycles. The van der Waals surface area contributed by atoms with Crippen LogP contribution in [0.2, 0.25) is 0 Å². The average Bonchev–Trinajstić information content (AvgIpc) is 2.66. The van der Waals surface area contributed by atoms with Gasteiger partial charge in [0.25, 0.3) is 0 Å². The predicted octanol–water partition coefficient (Wildman–Crippen LogP) is 2.30. The van der Waals surface area contributed by atoms with Gasteiger partial charge in [-0.3, -0.25) is 0 Å². The summed E-state index contributed by atoms with van der Waals surface area (Å²) in [6.45, 7) is 8.22. The first-order valence-corrected chi connectivity index (χ1v) is 4.17. The van der Waals surface area contributed by atoms with Crippen molar-refractivity contribution in [1.29, 1.82) is 0 Å². The van der Waals surface area contributed by atoms with Crippen LogP contribution in [-0.4, -0.2) is 12.2 Å². The third kappa shape index (κ3) is 1.04. The Kier molecular flexibility index (Phi) is 1.43. The first-order valence-electron chi connectivity index (χ1n) is 4.17. The Hall–Kier alpha value is -0.560. The summed E-state index contributed by atoms with van der Waals surface area (Å²) < 4.78 is 5.53. The fourth-order valence-corrected chi connectivity index (χ4v) is 1.84. The number of rotatable bonds is 1. The van der Waals surface area contributed by atoms with E-state index in [1.54, 1.807) is 0 Å². The largest absolute Gasteiger partial charge is 0.364 e. The minimum absolute atomic E-state index is 0.436. The van der Waals surface area contributed by atoms with Crippen molar-refractivity contribution in [3.63, 3.8) is 0 Å². The monoisotopic (exact) mass is 150 g/mol. The summed E-state index contributed by atoms with van der Waals surface area (Å²) in [4.78, 5) is 0. The number of ether oxygens (including phenoxy) is 1. The van der Waals surface area contributed by atoms with Gasteiger partial charge in [-0.05, 0) is 25.8 Å². The van der Waals surface area contributed by atoms with E-state index >= 15 is 0 Å². The SMILES string of the molecule is C=C(C)[C@H]1CC=C(C)C2OC21. The Bertz CT molecular complexity index is 227. The summed E-state index contributed by atoms with van der Waals surface area (Å²) in [7, 11) is 0. The molecule has 1 aliphatic carbocycles. The van der Waals surface area contributed by atoms with E-state index < -0.39 is 0 Å². The molecule has 2 rings (SSSR count). The van der Waals surface area contributed by atoms with E-state index in [1.807, 2.05) is 0 Å². The zero-order valence-corrected chi connectivity index (χ0v) is 7.13. The molecule has 1 heteroatoms. The molecule has 1 aliphatic heterocycles. The molecule has 0 radical (unpaired) electrons. The van der Waals surface area contributed by atoms with Gasteiger partial charge in [0.15, 0.2) is 0 Å². The van der Waals surface area contributed by atoms with Crippen LogP contribution < -0.4 is 0 Å². The van der Waals surface area contributed by atoms with Gasteiger partial charge in [-0.1, -0.05) is 18.2 Å². The van der Waals surface area contributed by atoms with Crippen LogP contribution in [0.5, 0.6) is 0 Å². The van der Waals surface area contributed by atoms with Gasteiger partial charge < -0.3 is 4.74 Å². The Morgan fingerprint density at radius 1 is 1.73 bits per heavy atom. The highest BCUT2D eigenvalue weighted by Gasteiger charge is 2.47. The first kappa shape index (κ1) is 7.11. The highest BCUT2D eigenvalue weighted by Crippen LogP contribution is 2.43. The molecular formula is C10H14O. The Morgan fingerprint density at radius 3 is 3.09 bits per heavy atom. The van der Waals surface area contributed by atoms with Gasteiger partial charge in [0.2, 0.25) is 0 Å². The Labute approximate surface area is 67.7 Å². The van der Waals surface area contributed by atoms with Gasteiger partial charge in [-0.2, -0.15) is 0 Å². The topological polar surface area (TPSA) is 12.5 Å². The number of allylic oxidation sites excluding steroid dienone is 1. The molecule has 2 aliphatic rings. The number of fused-ring (bicyclic) bond motifs is 1. The molecule has 0 saturated carbocycles. The van der Waals surface area contributed by atoms with Gasteiger partial charge in [0.1, 0.15) is 6.10 Å². The zero-order chi connectivity index (χ0) is 8.01. The van der Waals surface area contributed by atoms with Crippen molar-refractivity contribution < 1.29 is 4.74 Å². The summed E-state index contributed by atoms with van der Waals surface area (Å²) in [5, 5.41) is 0. The Balaban J connectivity index is 2.15. The molecule has 0 amide bonds. The molecule has 0 N–H and O–H groups in total.